The third kappa shape index (κ3) is 4.23. The monoisotopic (exact) mass is 367 g/mol. The van der Waals surface area contributed by atoms with Gasteiger partial charge in [-0.2, -0.15) is 0 Å². The first-order valence-electron chi connectivity index (χ1n) is 7.40. The Morgan fingerprint density at radius 3 is 2.04 bits per heavy atom. The van der Waals surface area contributed by atoms with Gasteiger partial charge in [0, 0.05) is 12.3 Å². The smallest absolute Gasteiger partial charge is 0.224 e. The molecule has 0 aliphatic rings. The van der Waals surface area contributed by atoms with Gasteiger partial charge in [0.1, 0.15) is 0 Å². The predicted octanol–water partition coefficient (Wildman–Crippen LogP) is 2.75. The highest BCUT2D eigenvalue weighted by molar-refractivity contribution is 7.90. The minimum Gasteiger partial charge on any atom is -0.224 e. The molecule has 0 aliphatic heterocycles. The van der Waals surface area contributed by atoms with Gasteiger partial charge in [0.2, 0.25) is 10.0 Å². The Morgan fingerprint density at radius 1 is 0.917 bits per heavy atom. The van der Waals surface area contributed by atoms with E-state index in [4.69, 9.17) is 0 Å². The van der Waals surface area contributed by atoms with Crippen molar-refractivity contribution in [3.63, 3.8) is 0 Å². The second kappa shape index (κ2) is 6.66. The Bertz CT molecular complexity index is 947. The van der Waals surface area contributed by atoms with Crippen LogP contribution in [0.15, 0.2) is 52.3 Å². The molecule has 2 aromatic rings. The lowest BCUT2D eigenvalue weighted by Gasteiger charge is -2.16. The van der Waals surface area contributed by atoms with Crippen LogP contribution in [-0.2, 0) is 19.9 Å². The van der Waals surface area contributed by atoms with Crippen LogP contribution in [0.3, 0.4) is 0 Å². The second-order valence-electron chi connectivity index (χ2n) is 5.95. The van der Waals surface area contributed by atoms with Gasteiger partial charge < -0.3 is 0 Å². The molecule has 2 rings (SSSR count). The Balaban J connectivity index is 2.28. The lowest BCUT2D eigenvalue weighted by atomic mass is 10.1. The number of sulfonamides is 1. The molecule has 0 unspecified atom stereocenters. The van der Waals surface area contributed by atoms with E-state index in [1.54, 1.807) is 38.1 Å². The zero-order valence-electron chi connectivity index (χ0n) is 14.1. The molecular weight excluding hydrogens is 346 g/mol. The SMILES string of the molecule is Cc1ccc(C)c(S(=O)(=O)N[C@H](C)c2ccc(S(C)(=O)=O)cc2)c1. The summed E-state index contributed by atoms with van der Waals surface area (Å²) in [5.74, 6) is 0. The molecule has 0 aromatic heterocycles. The molecule has 0 bridgehead atoms. The third-order valence-electron chi connectivity index (χ3n) is 3.77. The molecule has 0 saturated carbocycles. The van der Waals surface area contributed by atoms with Crippen molar-refractivity contribution in [3.8, 4) is 0 Å². The van der Waals surface area contributed by atoms with Gasteiger partial charge in [-0.1, -0.05) is 24.3 Å². The molecule has 0 heterocycles. The minimum atomic E-state index is -3.67. The molecule has 0 spiro atoms. The van der Waals surface area contributed by atoms with E-state index in [2.05, 4.69) is 4.72 Å². The predicted molar refractivity (Wildman–Crippen MR) is 94.2 cm³/mol. The van der Waals surface area contributed by atoms with E-state index in [0.717, 1.165) is 11.8 Å². The normalized spacial score (nSPS) is 13.7. The quantitative estimate of drug-likeness (QED) is 0.881. The summed E-state index contributed by atoms with van der Waals surface area (Å²) in [4.78, 5) is 0.456. The molecule has 1 atom stereocenters. The van der Waals surface area contributed by atoms with E-state index < -0.39 is 25.9 Å². The van der Waals surface area contributed by atoms with Crippen molar-refractivity contribution in [2.24, 2.45) is 0 Å². The lowest BCUT2D eigenvalue weighted by Crippen LogP contribution is -2.27. The average molecular weight is 367 g/mol. The highest BCUT2D eigenvalue weighted by Crippen LogP contribution is 2.21. The maximum absolute atomic E-state index is 12.6. The fourth-order valence-electron chi connectivity index (χ4n) is 2.36. The van der Waals surface area contributed by atoms with E-state index in [1.165, 1.54) is 12.1 Å². The largest absolute Gasteiger partial charge is 0.241 e. The highest BCUT2D eigenvalue weighted by atomic mass is 32.2. The van der Waals surface area contributed by atoms with Crippen LogP contribution in [0.4, 0.5) is 0 Å². The Hall–Kier alpha value is -1.70. The fourth-order valence-corrected chi connectivity index (χ4v) is 4.56. The Morgan fingerprint density at radius 2 is 1.50 bits per heavy atom. The van der Waals surface area contributed by atoms with Gasteiger partial charge in [-0.25, -0.2) is 21.6 Å². The number of hydrogen-bond acceptors (Lipinski definition) is 4. The zero-order chi connectivity index (χ0) is 18.1. The fraction of sp³-hybridized carbons (Fsp3) is 0.294. The standard InChI is InChI=1S/C17H21NO4S2/c1-12-5-6-13(2)17(11-12)24(21,22)18-14(3)15-7-9-16(10-8-15)23(4,19)20/h5-11,14,18H,1-4H3/t14-/m1/s1. The molecule has 0 radical (unpaired) electrons. The average Bonchev–Trinajstić information content (AvgIpc) is 2.48. The van der Waals surface area contributed by atoms with E-state index >= 15 is 0 Å². The molecule has 0 saturated heterocycles. The number of hydrogen-bond donors (Lipinski definition) is 1. The summed E-state index contributed by atoms with van der Waals surface area (Å²) in [5.41, 5.74) is 2.23. The molecule has 24 heavy (non-hydrogen) atoms. The van der Waals surface area contributed by atoms with E-state index in [0.29, 0.717) is 11.1 Å². The molecule has 0 fully saturated rings. The van der Waals surface area contributed by atoms with Gasteiger partial charge in [-0.05, 0) is 55.7 Å². The number of nitrogens with one attached hydrogen (secondary N) is 1. The van der Waals surface area contributed by atoms with Gasteiger partial charge >= 0.3 is 0 Å². The summed E-state index contributed by atoms with van der Waals surface area (Å²) in [7, 11) is -6.94. The van der Waals surface area contributed by atoms with Crippen LogP contribution in [0.2, 0.25) is 0 Å². The van der Waals surface area contributed by atoms with Gasteiger partial charge in [-0.3, -0.25) is 0 Å². The maximum Gasteiger partial charge on any atom is 0.241 e. The molecule has 7 heteroatoms. The topological polar surface area (TPSA) is 80.3 Å². The summed E-state index contributed by atoms with van der Waals surface area (Å²) in [6.07, 6.45) is 1.13. The van der Waals surface area contributed by atoms with Crippen molar-refractivity contribution >= 4 is 19.9 Å². The lowest BCUT2D eigenvalue weighted by molar-refractivity contribution is 0.566. The van der Waals surface area contributed by atoms with Crippen molar-refractivity contribution < 1.29 is 16.8 Å². The molecule has 0 amide bonds. The first-order valence-corrected chi connectivity index (χ1v) is 10.8. The summed E-state index contributed by atoms with van der Waals surface area (Å²) >= 11 is 0. The van der Waals surface area contributed by atoms with Gasteiger partial charge in [-0.15, -0.1) is 0 Å². The number of benzene rings is 2. The molecule has 2 aromatic carbocycles. The number of rotatable bonds is 5. The van der Waals surface area contributed by atoms with Crippen LogP contribution in [0, 0.1) is 13.8 Å². The van der Waals surface area contributed by atoms with Gasteiger partial charge in [0.15, 0.2) is 9.84 Å². The van der Waals surface area contributed by atoms with Gasteiger partial charge in [0.25, 0.3) is 0 Å². The van der Waals surface area contributed by atoms with E-state index in [-0.39, 0.29) is 9.79 Å². The van der Waals surface area contributed by atoms with Crippen molar-refractivity contribution in [2.45, 2.75) is 36.6 Å². The number of aryl methyl sites for hydroxylation is 2. The third-order valence-corrected chi connectivity index (χ3v) is 6.58. The summed E-state index contributed by atoms with van der Waals surface area (Å²) < 4.78 is 50.8. The number of sulfone groups is 1. The van der Waals surface area contributed by atoms with Gasteiger partial charge in [0.05, 0.1) is 9.79 Å². The van der Waals surface area contributed by atoms with Crippen LogP contribution in [0.1, 0.15) is 29.7 Å². The summed E-state index contributed by atoms with van der Waals surface area (Å²) in [6, 6.07) is 11.0. The van der Waals surface area contributed by atoms with Crippen LogP contribution in [-0.4, -0.2) is 23.1 Å². The highest BCUT2D eigenvalue weighted by Gasteiger charge is 2.20. The first kappa shape index (κ1) is 18.6. The molecule has 1 N–H and O–H groups in total. The Kier molecular flexibility index (Phi) is 5.17. The van der Waals surface area contributed by atoms with E-state index in [1.807, 2.05) is 13.0 Å². The molecule has 0 aliphatic carbocycles. The van der Waals surface area contributed by atoms with Crippen molar-refractivity contribution in [3.05, 3.63) is 59.2 Å². The summed E-state index contributed by atoms with van der Waals surface area (Å²) in [5, 5.41) is 0. The Labute approximate surface area is 143 Å². The van der Waals surface area contributed by atoms with Crippen LogP contribution >= 0.6 is 0 Å². The van der Waals surface area contributed by atoms with Crippen LogP contribution in [0.25, 0.3) is 0 Å². The van der Waals surface area contributed by atoms with E-state index in [9.17, 15) is 16.8 Å². The second-order valence-corrected chi connectivity index (χ2v) is 9.65. The first-order chi connectivity index (χ1) is 11.0. The molecule has 5 nitrogen and oxygen atoms in total. The zero-order valence-corrected chi connectivity index (χ0v) is 15.7. The minimum absolute atomic E-state index is 0.204. The van der Waals surface area contributed by atoms with Crippen LogP contribution < -0.4 is 4.72 Å². The van der Waals surface area contributed by atoms with Crippen molar-refractivity contribution in [1.29, 1.82) is 0 Å². The van der Waals surface area contributed by atoms with Crippen LogP contribution in [0.5, 0.6) is 0 Å². The van der Waals surface area contributed by atoms with Crippen molar-refractivity contribution in [1.82, 2.24) is 4.72 Å². The van der Waals surface area contributed by atoms with Crippen molar-refractivity contribution in [2.75, 3.05) is 6.26 Å². The maximum atomic E-state index is 12.6. The summed E-state index contributed by atoms with van der Waals surface area (Å²) in [6.45, 7) is 5.31. The molecule has 130 valence electrons. The molecular formula is C17H21NO4S2.